The minimum atomic E-state index is -1.67. The van der Waals surface area contributed by atoms with E-state index in [0.717, 1.165) is 6.92 Å². The van der Waals surface area contributed by atoms with Crippen molar-refractivity contribution in [3.05, 3.63) is 0 Å². The second-order valence-corrected chi connectivity index (χ2v) is 6.46. The predicted molar refractivity (Wildman–Crippen MR) is 101 cm³/mol. The highest BCUT2D eigenvalue weighted by molar-refractivity contribution is 5.94. The Kier molecular flexibility index (Phi) is 11.6. The van der Waals surface area contributed by atoms with E-state index >= 15 is 0 Å². The van der Waals surface area contributed by atoms with Crippen molar-refractivity contribution in [2.24, 2.45) is 17.2 Å². The number of aliphatic carboxylic acids is 1. The number of carbonyl (C=O) groups excluding carboxylic acids is 5. The molecule has 0 radical (unpaired) electrons. The molecule has 4 atom stereocenters. The van der Waals surface area contributed by atoms with E-state index < -0.39 is 66.3 Å². The van der Waals surface area contributed by atoms with Gasteiger partial charge in [0.1, 0.15) is 12.1 Å². The van der Waals surface area contributed by atoms with E-state index in [4.69, 9.17) is 22.3 Å². The van der Waals surface area contributed by atoms with Gasteiger partial charge < -0.3 is 43.4 Å². The highest BCUT2D eigenvalue weighted by Crippen LogP contribution is 2.04. The molecule has 0 rings (SSSR count). The number of nitrogens with two attached hydrogens (primary N) is 3. The zero-order valence-corrected chi connectivity index (χ0v) is 16.4. The van der Waals surface area contributed by atoms with E-state index in [2.05, 4.69) is 10.6 Å². The fourth-order valence-corrected chi connectivity index (χ4v) is 2.28. The Morgan fingerprint density at radius 3 is 1.63 bits per heavy atom. The molecule has 0 bridgehead atoms. The van der Waals surface area contributed by atoms with Gasteiger partial charge in [0.25, 0.3) is 0 Å². The standard InChI is InChI=1S/C16H28N6O8/c1-7(23)13(16(29)30)22-15(28)9(3-5-11(19)25)21-14(27)8(2-4-10(18)24)20-12(26)6-17/h7-9,13,23H,2-6,17H2,1H3,(H2,18,24)(H2,19,25)(H,20,26)(H,21,27)(H,22,28)(H,29,30). The molecule has 11 N–H and O–H groups in total. The number of hydrogen-bond acceptors (Lipinski definition) is 8. The van der Waals surface area contributed by atoms with Crippen molar-refractivity contribution >= 4 is 35.5 Å². The van der Waals surface area contributed by atoms with Crippen molar-refractivity contribution in [1.82, 2.24) is 16.0 Å². The van der Waals surface area contributed by atoms with E-state index in [1.165, 1.54) is 0 Å². The summed E-state index contributed by atoms with van der Waals surface area (Å²) in [6.07, 6.45) is -2.52. The first-order valence-corrected chi connectivity index (χ1v) is 8.96. The summed E-state index contributed by atoms with van der Waals surface area (Å²) in [5.41, 5.74) is 15.3. The highest BCUT2D eigenvalue weighted by atomic mass is 16.4. The summed E-state index contributed by atoms with van der Waals surface area (Å²) in [5.74, 6) is -5.65. The molecular weight excluding hydrogens is 404 g/mol. The number of rotatable bonds is 14. The van der Waals surface area contributed by atoms with E-state index in [-0.39, 0.29) is 25.7 Å². The fraction of sp³-hybridized carbons (Fsp3) is 0.625. The van der Waals surface area contributed by atoms with Crippen LogP contribution in [-0.2, 0) is 28.8 Å². The van der Waals surface area contributed by atoms with Crippen molar-refractivity contribution < 1.29 is 39.0 Å². The average molecular weight is 432 g/mol. The zero-order chi connectivity index (χ0) is 23.4. The maximum Gasteiger partial charge on any atom is 0.328 e. The minimum absolute atomic E-state index is 0.192. The quantitative estimate of drug-likeness (QED) is 0.131. The van der Waals surface area contributed by atoms with Crippen LogP contribution in [0.25, 0.3) is 0 Å². The second kappa shape index (κ2) is 13.1. The van der Waals surface area contributed by atoms with Gasteiger partial charge in [-0.3, -0.25) is 24.0 Å². The summed E-state index contributed by atoms with van der Waals surface area (Å²) in [4.78, 5) is 69.7. The van der Waals surface area contributed by atoms with Crippen LogP contribution in [0, 0.1) is 0 Å². The lowest BCUT2D eigenvalue weighted by atomic mass is 10.1. The van der Waals surface area contributed by atoms with E-state index in [0.29, 0.717) is 0 Å². The smallest absolute Gasteiger partial charge is 0.328 e. The minimum Gasteiger partial charge on any atom is -0.480 e. The molecule has 0 fully saturated rings. The number of amides is 5. The Bertz CT molecular complexity index is 668. The van der Waals surface area contributed by atoms with Crippen LogP contribution >= 0.6 is 0 Å². The molecule has 5 amide bonds. The molecule has 4 unspecified atom stereocenters. The lowest BCUT2D eigenvalue weighted by Crippen LogP contribution is -2.57. The number of nitrogens with one attached hydrogen (secondary N) is 3. The van der Waals surface area contributed by atoms with Crippen LogP contribution in [0.3, 0.4) is 0 Å². The first kappa shape index (κ1) is 26.7. The molecule has 0 aromatic carbocycles. The van der Waals surface area contributed by atoms with Crippen LogP contribution < -0.4 is 33.2 Å². The van der Waals surface area contributed by atoms with E-state index in [1.54, 1.807) is 0 Å². The third-order valence-electron chi connectivity index (χ3n) is 3.88. The molecule has 0 aromatic heterocycles. The van der Waals surface area contributed by atoms with Crippen LogP contribution in [0.1, 0.15) is 32.6 Å². The summed E-state index contributed by atoms with van der Waals surface area (Å²) in [6.45, 7) is 0.693. The summed E-state index contributed by atoms with van der Waals surface area (Å²) < 4.78 is 0. The molecule has 30 heavy (non-hydrogen) atoms. The van der Waals surface area contributed by atoms with Gasteiger partial charge in [-0.05, 0) is 19.8 Å². The Balaban J connectivity index is 5.45. The first-order valence-electron chi connectivity index (χ1n) is 8.96. The van der Waals surface area contributed by atoms with Crippen LogP contribution in [0.15, 0.2) is 0 Å². The topological polar surface area (TPSA) is 257 Å². The lowest BCUT2D eigenvalue weighted by molar-refractivity contribution is -0.145. The number of aliphatic hydroxyl groups is 1. The van der Waals surface area contributed by atoms with Gasteiger partial charge in [-0.15, -0.1) is 0 Å². The molecule has 0 aliphatic heterocycles. The van der Waals surface area contributed by atoms with Gasteiger partial charge in [0.05, 0.1) is 12.6 Å². The number of carboxylic acid groups (broad SMARTS) is 1. The molecule has 170 valence electrons. The summed E-state index contributed by atoms with van der Waals surface area (Å²) in [6, 6.07) is -4.37. The number of carbonyl (C=O) groups is 6. The fourth-order valence-electron chi connectivity index (χ4n) is 2.28. The maximum absolute atomic E-state index is 12.5. The van der Waals surface area contributed by atoms with Gasteiger partial charge in [-0.1, -0.05) is 0 Å². The number of carboxylic acids is 1. The highest BCUT2D eigenvalue weighted by Gasteiger charge is 2.31. The average Bonchev–Trinajstić information content (AvgIpc) is 2.64. The van der Waals surface area contributed by atoms with Crippen molar-refractivity contribution in [1.29, 1.82) is 0 Å². The molecule has 0 saturated heterocycles. The van der Waals surface area contributed by atoms with Crippen molar-refractivity contribution in [3.63, 3.8) is 0 Å². The molecule has 0 aliphatic carbocycles. The SMILES string of the molecule is CC(O)C(NC(=O)C(CCC(N)=O)NC(=O)C(CCC(N)=O)NC(=O)CN)C(=O)O. The first-order chi connectivity index (χ1) is 13.9. The second-order valence-electron chi connectivity index (χ2n) is 6.46. The largest absolute Gasteiger partial charge is 0.480 e. The maximum atomic E-state index is 12.5. The molecule has 14 nitrogen and oxygen atoms in total. The lowest BCUT2D eigenvalue weighted by Gasteiger charge is -2.25. The Hall–Kier alpha value is -3.26. The number of hydrogen-bond donors (Lipinski definition) is 8. The molecule has 0 heterocycles. The molecule has 0 spiro atoms. The van der Waals surface area contributed by atoms with Crippen LogP contribution in [0.4, 0.5) is 0 Å². The van der Waals surface area contributed by atoms with Gasteiger partial charge in [-0.25, -0.2) is 4.79 Å². The van der Waals surface area contributed by atoms with Crippen molar-refractivity contribution in [2.45, 2.75) is 56.8 Å². The van der Waals surface area contributed by atoms with Crippen LogP contribution in [0.2, 0.25) is 0 Å². The van der Waals surface area contributed by atoms with Gasteiger partial charge in [0.2, 0.25) is 29.5 Å². The van der Waals surface area contributed by atoms with Gasteiger partial charge in [0.15, 0.2) is 6.04 Å². The monoisotopic (exact) mass is 432 g/mol. The van der Waals surface area contributed by atoms with Crippen molar-refractivity contribution in [3.8, 4) is 0 Å². The predicted octanol–water partition coefficient (Wildman–Crippen LogP) is -4.60. The van der Waals surface area contributed by atoms with E-state index in [1.807, 2.05) is 5.32 Å². The molecule has 0 aliphatic rings. The summed E-state index contributed by atoms with van der Waals surface area (Å²) in [7, 11) is 0. The molecular formula is C16H28N6O8. The van der Waals surface area contributed by atoms with Gasteiger partial charge in [-0.2, -0.15) is 0 Å². The van der Waals surface area contributed by atoms with Gasteiger partial charge >= 0.3 is 5.97 Å². The van der Waals surface area contributed by atoms with Crippen molar-refractivity contribution in [2.75, 3.05) is 6.54 Å². The summed E-state index contributed by atoms with van der Waals surface area (Å²) in [5, 5.41) is 25.1. The van der Waals surface area contributed by atoms with Crippen LogP contribution in [-0.4, -0.2) is 76.5 Å². The van der Waals surface area contributed by atoms with Crippen LogP contribution in [0.5, 0.6) is 0 Å². The van der Waals surface area contributed by atoms with E-state index in [9.17, 15) is 33.9 Å². The number of aliphatic hydroxyl groups excluding tert-OH is 1. The summed E-state index contributed by atoms with van der Waals surface area (Å²) >= 11 is 0. The molecule has 0 aromatic rings. The number of primary amides is 2. The van der Waals surface area contributed by atoms with Gasteiger partial charge in [0, 0.05) is 12.8 Å². The third kappa shape index (κ3) is 10.3. The normalized spacial score (nSPS) is 14.5. The molecule has 0 saturated carbocycles. The Morgan fingerprint density at radius 1 is 0.833 bits per heavy atom. The zero-order valence-electron chi connectivity index (χ0n) is 16.4. The third-order valence-corrected chi connectivity index (χ3v) is 3.88. The Labute approximate surface area is 171 Å². The molecule has 14 heteroatoms. The Morgan fingerprint density at radius 2 is 1.27 bits per heavy atom.